The zero-order valence-electron chi connectivity index (χ0n) is 17.0. The summed E-state index contributed by atoms with van der Waals surface area (Å²) in [6.07, 6.45) is 3.04. The molecule has 150 valence electrons. The summed E-state index contributed by atoms with van der Waals surface area (Å²) in [5.74, 6) is -0.547. The normalized spacial score (nSPS) is 19.5. The van der Waals surface area contributed by atoms with Crippen LogP contribution in [0.5, 0.6) is 0 Å². The molecule has 29 heavy (non-hydrogen) atoms. The van der Waals surface area contributed by atoms with Gasteiger partial charge in [-0.15, -0.1) is 0 Å². The standard InChI is InChI=1S/C25H26O4/c1-16-15-18-9-6-12-21(26)23(18)24(22(16)25(27)29-14-13-28-2)20-11-5-8-17-7-3-4-10-19(17)20/h3-5,7-8,10-11,24H,6,9,12-15H2,1-2H3. The van der Waals surface area contributed by atoms with Gasteiger partial charge in [-0.2, -0.15) is 0 Å². The first-order valence-corrected chi connectivity index (χ1v) is 10.2. The second-order valence-electron chi connectivity index (χ2n) is 7.79. The highest BCUT2D eigenvalue weighted by atomic mass is 16.6. The maximum absolute atomic E-state index is 13.1. The Morgan fingerprint density at radius 1 is 1.07 bits per heavy atom. The highest BCUT2D eigenvalue weighted by molar-refractivity contribution is 6.05. The molecular formula is C25H26O4. The van der Waals surface area contributed by atoms with Crippen LogP contribution >= 0.6 is 0 Å². The van der Waals surface area contributed by atoms with Gasteiger partial charge in [-0.05, 0) is 42.5 Å². The van der Waals surface area contributed by atoms with Gasteiger partial charge in [0.1, 0.15) is 6.61 Å². The minimum atomic E-state index is -0.368. The number of rotatable bonds is 5. The summed E-state index contributed by atoms with van der Waals surface area (Å²) >= 11 is 0. The van der Waals surface area contributed by atoms with Gasteiger partial charge in [-0.1, -0.05) is 53.6 Å². The molecule has 4 heteroatoms. The monoisotopic (exact) mass is 390 g/mol. The first-order chi connectivity index (χ1) is 14.1. The van der Waals surface area contributed by atoms with E-state index in [1.54, 1.807) is 7.11 Å². The summed E-state index contributed by atoms with van der Waals surface area (Å²) in [5, 5.41) is 2.17. The van der Waals surface area contributed by atoms with Crippen molar-refractivity contribution < 1.29 is 19.1 Å². The average molecular weight is 390 g/mol. The second-order valence-corrected chi connectivity index (χ2v) is 7.79. The molecule has 0 bridgehead atoms. The number of ketones is 1. The number of carbonyl (C=O) groups is 2. The van der Waals surface area contributed by atoms with E-state index in [9.17, 15) is 9.59 Å². The fraction of sp³-hybridized carbons (Fsp3) is 0.360. The molecule has 0 spiro atoms. The fourth-order valence-electron chi connectivity index (χ4n) is 4.68. The van der Waals surface area contributed by atoms with Crippen LogP contribution in [0.3, 0.4) is 0 Å². The van der Waals surface area contributed by atoms with Crippen LogP contribution in [-0.4, -0.2) is 32.1 Å². The molecule has 0 saturated heterocycles. The molecule has 2 aliphatic rings. The van der Waals surface area contributed by atoms with Crippen molar-refractivity contribution in [3.63, 3.8) is 0 Å². The van der Waals surface area contributed by atoms with Crippen LogP contribution in [-0.2, 0) is 19.1 Å². The quantitative estimate of drug-likeness (QED) is 0.539. The minimum absolute atomic E-state index is 0.166. The second kappa shape index (κ2) is 8.34. The van der Waals surface area contributed by atoms with Crippen molar-refractivity contribution in [2.24, 2.45) is 0 Å². The predicted octanol–water partition coefficient (Wildman–Crippen LogP) is 4.88. The van der Waals surface area contributed by atoms with E-state index >= 15 is 0 Å². The summed E-state index contributed by atoms with van der Waals surface area (Å²) < 4.78 is 10.5. The Morgan fingerprint density at radius 3 is 2.69 bits per heavy atom. The van der Waals surface area contributed by atoms with Crippen molar-refractivity contribution in [3.05, 3.63) is 70.3 Å². The molecule has 0 amide bonds. The Labute approximate surface area is 171 Å². The molecule has 4 nitrogen and oxygen atoms in total. The number of benzene rings is 2. The number of fused-ring (bicyclic) bond motifs is 1. The van der Waals surface area contributed by atoms with Crippen molar-refractivity contribution in [3.8, 4) is 0 Å². The van der Waals surface area contributed by atoms with Crippen LogP contribution < -0.4 is 0 Å². The van der Waals surface area contributed by atoms with Crippen LogP contribution in [0.1, 0.15) is 44.1 Å². The van der Waals surface area contributed by atoms with Gasteiger partial charge in [0.2, 0.25) is 0 Å². The largest absolute Gasteiger partial charge is 0.460 e. The maximum Gasteiger partial charge on any atom is 0.335 e. The summed E-state index contributed by atoms with van der Waals surface area (Å²) in [5.41, 5.74) is 4.62. The molecule has 2 aromatic carbocycles. The highest BCUT2D eigenvalue weighted by Crippen LogP contribution is 2.47. The smallest absolute Gasteiger partial charge is 0.335 e. The highest BCUT2D eigenvalue weighted by Gasteiger charge is 2.39. The lowest BCUT2D eigenvalue weighted by molar-refractivity contribution is -0.140. The third-order valence-electron chi connectivity index (χ3n) is 5.95. The Morgan fingerprint density at radius 2 is 1.86 bits per heavy atom. The van der Waals surface area contributed by atoms with E-state index < -0.39 is 0 Å². The van der Waals surface area contributed by atoms with E-state index in [4.69, 9.17) is 9.47 Å². The molecule has 2 aliphatic carbocycles. The van der Waals surface area contributed by atoms with Crippen LogP contribution in [0.4, 0.5) is 0 Å². The molecule has 0 saturated carbocycles. The van der Waals surface area contributed by atoms with Crippen molar-refractivity contribution >= 4 is 22.5 Å². The Balaban J connectivity index is 1.88. The minimum Gasteiger partial charge on any atom is -0.460 e. The maximum atomic E-state index is 13.1. The topological polar surface area (TPSA) is 52.6 Å². The lowest BCUT2D eigenvalue weighted by Gasteiger charge is -2.34. The number of methoxy groups -OCH3 is 1. The summed E-state index contributed by atoms with van der Waals surface area (Å²) in [6, 6.07) is 14.2. The summed E-state index contributed by atoms with van der Waals surface area (Å²) in [6.45, 7) is 2.55. The van der Waals surface area contributed by atoms with Crippen molar-refractivity contribution in [2.75, 3.05) is 20.3 Å². The van der Waals surface area contributed by atoms with Gasteiger partial charge in [0, 0.05) is 30.6 Å². The molecule has 1 atom stereocenters. The molecular weight excluding hydrogens is 364 g/mol. The molecule has 0 aromatic heterocycles. The lowest BCUT2D eigenvalue weighted by atomic mass is 9.69. The van der Waals surface area contributed by atoms with E-state index in [1.807, 2.05) is 31.2 Å². The first kappa shape index (κ1) is 19.6. The number of hydrogen-bond acceptors (Lipinski definition) is 4. The van der Waals surface area contributed by atoms with Crippen molar-refractivity contribution in [2.45, 2.75) is 38.5 Å². The van der Waals surface area contributed by atoms with Gasteiger partial charge < -0.3 is 9.47 Å². The van der Waals surface area contributed by atoms with E-state index in [1.165, 1.54) is 5.57 Å². The molecule has 0 radical (unpaired) electrons. The van der Waals surface area contributed by atoms with Crippen LogP contribution in [0.15, 0.2) is 64.8 Å². The fourth-order valence-corrected chi connectivity index (χ4v) is 4.68. The number of esters is 1. The van der Waals surface area contributed by atoms with Gasteiger partial charge in [0.15, 0.2) is 5.78 Å². The van der Waals surface area contributed by atoms with Gasteiger partial charge in [-0.3, -0.25) is 4.79 Å². The molecule has 0 fully saturated rings. The molecule has 0 aliphatic heterocycles. The van der Waals surface area contributed by atoms with E-state index in [0.29, 0.717) is 25.0 Å². The first-order valence-electron chi connectivity index (χ1n) is 10.2. The van der Waals surface area contributed by atoms with E-state index in [2.05, 4.69) is 18.2 Å². The van der Waals surface area contributed by atoms with Crippen LogP contribution in [0, 0.1) is 0 Å². The summed E-state index contributed by atoms with van der Waals surface area (Å²) in [7, 11) is 1.58. The average Bonchev–Trinajstić information content (AvgIpc) is 2.72. The van der Waals surface area contributed by atoms with E-state index in [0.717, 1.165) is 40.3 Å². The van der Waals surface area contributed by atoms with Crippen molar-refractivity contribution in [1.82, 2.24) is 0 Å². The lowest BCUT2D eigenvalue weighted by Crippen LogP contribution is -2.28. The Bertz CT molecular complexity index is 1020. The summed E-state index contributed by atoms with van der Waals surface area (Å²) in [4.78, 5) is 26.1. The van der Waals surface area contributed by atoms with Gasteiger partial charge >= 0.3 is 5.97 Å². The third kappa shape index (κ3) is 3.65. The third-order valence-corrected chi connectivity index (χ3v) is 5.95. The molecule has 4 rings (SSSR count). The number of ether oxygens (including phenoxy) is 2. The number of Topliss-reactive ketones (excluding diaryl/α,β-unsaturated/α-hetero) is 1. The van der Waals surface area contributed by atoms with Crippen molar-refractivity contribution in [1.29, 1.82) is 0 Å². The zero-order chi connectivity index (χ0) is 20.4. The van der Waals surface area contributed by atoms with Gasteiger partial charge in [0.05, 0.1) is 6.61 Å². The van der Waals surface area contributed by atoms with Gasteiger partial charge in [-0.25, -0.2) is 4.79 Å². The molecule has 2 aromatic rings. The number of carbonyl (C=O) groups excluding carboxylic acids is 2. The predicted molar refractivity (Wildman–Crippen MR) is 113 cm³/mol. The van der Waals surface area contributed by atoms with Crippen LogP contribution in [0.2, 0.25) is 0 Å². The number of allylic oxidation sites excluding steroid dienone is 3. The molecule has 0 N–H and O–H groups in total. The molecule has 0 heterocycles. The molecule has 1 unspecified atom stereocenters. The van der Waals surface area contributed by atoms with E-state index in [-0.39, 0.29) is 24.3 Å². The Hall–Kier alpha value is -2.72. The number of hydrogen-bond donors (Lipinski definition) is 0. The van der Waals surface area contributed by atoms with Crippen LogP contribution in [0.25, 0.3) is 10.8 Å². The zero-order valence-corrected chi connectivity index (χ0v) is 17.0. The Kier molecular flexibility index (Phi) is 5.63. The SMILES string of the molecule is COCCOC(=O)C1=C(C)CC2=C(C(=O)CCC2)C1c1cccc2ccccc12. The van der Waals surface area contributed by atoms with Gasteiger partial charge in [0.25, 0.3) is 0 Å².